The molecule has 2 rings (SSSR count). The van der Waals surface area contributed by atoms with Gasteiger partial charge < -0.3 is 9.69 Å². The molecule has 1 fully saturated rings. The normalized spacial score (nSPS) is 19.3. The van der Waals surface area contributed by atoms with Crippen molar-refractivity contribution in [3.05, 3.63) is 31.6 Å². The topological polar surface area (TPSA) is 63.5 Å². The molecule has 0 aliphatic carbocycles. The van der Waals surface area contributed by atoms with Gasteiger partial charge in [0.2, 0.25) is 0 Å². The predicted molar refractivity (Wildman–Crippen MR) is 76.8 cm³/mol. The van der Waals surface area contributed by atoms with Gasteiger partial charge in [0.05, 0.1) is 14.5 Å². The Labute approximate surface area is 123 Å². The van der Waals surface area contributed by atoms with Crippen LogP contribution in [0.4, 0.5) is 15.8 Å². The van der Waals surface area contributed by atoms with Gasteiger partial charge >= 0.3 is 0 Å². The molecule has 0 N–H and O–H groups in total. The molecule has 1 aromatic rings. The third-order valence-electron chi connectivity index (χ3n) is 3.23. The third kappa shape index (κ3) is 2.85. The zero-order valence-corrected chi connectivity index (χ0v) is 12.2. The summed E-state index contributed by atoms with van der Waals surface area (Å²) in [5.41, 5.74) is 0.0410. The van der Waals surface area contributed by atoms with Crippen LogP contribution in [0.2, 0.25) is 0 Å². The lowest BCUT2D eigenvalue weighted by atomic mass is 10.0. The van der Waals surface area contributed by atoms with Gasteiger partial charge in [0.15, 0.2) is 0 Å². The molecule has 1 saturated heterocycles. The van der Waals surface area contributed by atoms with Gasteiger partial charge in [0.25, 0.3) is 5.69 Å². The largest absolute Gasteiger partial charge is 0.356 e. The number of carbonyl (C=O) groups is 1. The number of piperidine rings is 1. The highest BCUT2D eigenvalue weighted by Gasteiger charge is 2.29. The van der Waals surface area contributed by atoms with Crippen molar-refractivity contribution >= 4 is 40.3 Å². The summed E-state index contributed by atoms with van der Waals surface area (Å²) in [5.74, 6) is -0.503. The molecule has 19 heavy (non-hydrogen) atoms. The fourth-order valence-electron chi connectivity index (χ4n) is 2.30. The molecule has 0 amide bonds. The van der Waals surface area contributed by atoms with E-state index in [-0.39, 0.29) is 14.9 Å². The number of nitrogens with zero attached hydrogens (tertiary/aromatic N) is 2. The minimum Gasteiger partial charge on any atom is -0.356 e. The fourth-order valence-corrected chi connectivity index (χ4v) is 2.75. The van der Waals surface area contributed by atoms with Crippen molar-refractivity contribution < 1.29 is 14.1 Å². The highest BCUT2D eigenvalue weighted by molar-refractivity contribution is 14.1. The molecule has 102 valence electrons. The fraction of sp³-hybridized carbons (Fsp3) is 0.417. The maximum Gasteiger partial charge on any atom is 0.293 e. The Bertz CT molecular complexity index is 524. The van der Waals surface area contributed by atoms with Crippen LogP contribution in [0.5, 0.6) is 0 Å². The number of carbonyl (C=O) groups excluding carboxylic acids is 1. The zero-order valence-electron chi connectivity index (χ0n) is 10.0. The van der Waals surface area contributed by atoms with Crippen LogP contribution in [0.15, 0.2) is 12.1 Å². The summed E-state index contributed by atoms with van der Waals surface area (Å²) in [6.45, 7) is 0.532. The number of hydrogen-bond donors (Lipinski definition) is 0. The van der Waals surface area contributed by atoms with Crippen LogP contribution < -0.4 is 4.90 Å². The van der Waals surface area contributed by atoms with Gasteiger partial charge in [-0.1, -0.05) is 0 Å². The second kappa shape index (κ2) is 5.81. The van der Waals surface area contributed by atoms with E-state index in [1.54, 1.807) is 27.5 Å². The minimum absolute atomic E-state index is 0.153. The number of nitro groups is 1. The standard InChI is InChI=1S/C12H12FIN2O3/c13-9-5-11(12(16(18)19)6-10(9)14)15-4-2-1-3-8(15)7-17/h5-8H,1-4H2. The van der Waals surface area contributed by atoms with Crippen LogP contribution in [0.3, 0.4) is 0 Å². The monoisotopic (exact) mass is 378 g/mol. The Morgan fingerprint density at radius 1 is 1.47 bits per heavy atom. The smallest absolute Gasteiger partial charge is 0.293 e. The molecule has 7 heteroatoms. The lowest BCUT2D eigenvalue weighted by Gasteiger charge is -2.33. The first-order valence-corrected chi connectivity index (χ1v) is 6.98. The van der Waals surface area contributed by atoms with E-state index in [2.05, 4.69) is 0 Å². The van der Waals surface area contributed by atoms with E-state index in [9.17, 15) is 19.3 Å². The third-order valence-corrected chi connectivity index (χ3v) is 4.06. The average Bonchev–Trinajstić information content (AvgIpc) is 2.41. The number of halogens is 2. The van der Waals surface area contributed by atoms with Crippen LogP contribution in [0, 0.1) is 19.5 Å². The second-order valence-corrected chi connectivity index (χ2v) is 5.57. The van der Waals surface area contributed by atoms with Crippen molar-refractivity contribution in [2.45, 2.75) is 25.3 Å². The average molecular weight is 378 g/mol. The first-order chi connectivity index (χ1) is 9.04. The molecule has 1 unspecified atom stereocenters. The summed E-state index contributed by atoms with van der Waals surface area (Å²) >= 11 is 1.72. The van der Waals surface area contributed by atoms with Gasteiger partial charge in [0, 0.05) is 18.7 Å². The van der Waals surface area contributed by atoms with Crippen molar-refractivity contribution in [1.82, 2.24) is 0 Å². The van der Waals surface area contributed by atoms with Crippen LogP contribution in [-0.4, -0.2) is 23.8 Å². The molecule has 5 nitrogen and oxygen atoms in total. The molecule has 0 radical (unpaired) electrons. The molecular formula is C12H12FIN2O3. The van der Waals surface area contributed by atoms with Crippen molar-refractivity contribution in [3.8, 4) is 0 Å². The highest BCUT2D eigenvalue weighted by atomic mass is 127. The molecule has 0 spiro atoms. The van der Waals surface area contributed by atoms with E-state index in [1.807, 2.05) is 0 Å². The Kier molecular flexibility index (Phi) is 4.33. The van der Waals surface area contributed by atoms with Gasteiger partial charge in [-0.15, -0.1) is 0 Å². The van der Waals surface area contributed by atoms with Crippen molar-refractivity contribution in [2.75, 3.05) is 11.4 Å². The lowest BCUT2D eigenvalue weighted by Crippen LogP contribution is -2.41. The molecule has 1 aliphatic rings. The summed E-state index contributed by atoms with van der Waals surface area (Å²) in [6.07, 6.45) is 3.17. The van der Waals surface area contributed by atoms with Crippen molar-refractivity contribution in [2.24, 2.45) is 0 Å². The summed E-state index contributed by atoms with van der Waals surface area (Å²) in [7, 11) is 0. The number of nitro benzene ring substituents is 1. The first kappa shape index (κ1) is 14.2. The Morgan fingerprint density at radius 3 is 2.84 bits per heavy atom. The lowest BCUT2D eigenvalue weighted by molar-refractivity contribution is -0.384. The minimum atomic E-state index is -0.534. The van der Waals surface area contributed by atoms with Gasteiger partial charge in [-0.05, 0) is 41.9 Å². The molecule has 1 heterocycles. The molecule has 1 aliphatic heterocycles. The Hall–Kier alpha value is -1.25. The molecule has 0 bridgehead atoms. The van der Waals surface area contributed by atoms with Gasteiger partial charge in [-0.2, -0.15) is 0 Å². The number of rotatable bonds is 3. The molecular weight excluding hydrogens is 366 g/mol. The highest BCUT2D eigenvalue weighted by Crippen LogP contribution is 2.34. The van der Waals surface area contributed by atoms with E-state index in [1.165, 1.54) is 6.07 Å². The predicted octanol–water partition coefficient (Wildman–Crippen LogP) is 2.90. The summed E-state index contributed by atoms with van der Waals surface area (Å²) in [4.78, 5) is 23.3. The number of hydrogen-bond acceptors (Lipinski definition) is 4. The first-order valence-electron chi connectivity index (χ1n) is 5.90. The maximum atomic E-state index is 13.7. The van der Waals surface area contributed by atoms with Crippen LogP contribution in [0.1, 0.15) is 19.3 Å². The summed E-state index contributed by atoms with van der Waals surface area (Å²) in [5, 5.41) is 11.1. The summed E-state index contributed by atoms with van der Waals surface area (Å²) in [6, 6.07) is 1.95. The Balaban J connectivity index is 2.50. The van der Waals surface area contributed by atoms with Crippen LogP contribution >= 0.6 is 22.6 Å². The summed E-state index contributed by atoms with van der Waals surface area (Å²) < 4.78 is 13.9. The Morgan fingerprint density at radius 2 is 2.21 bits per heavy atom. The molecule has 1 aromatic carbocycles. The number of aldehydes is 1. The van der Waals surface area contributed by atoms with E-state index in [4.69, 9.17) is 0 Å². The van der Waals surface area contributed by atoms with Crippen molar-refractivity contribution in [3.63, 3.8) is 0 Å². The molecule has 0 aromatic heterocycles. The van der Waals surface area contributed by atoms with E-state index in [0.29, 0.717) is 13.0 Å². The van der Waals surface area contributed by atoms with E-state index >= 15 is 0 Å². The second-order valence-electron chi connectivity index (χ2n) is 4.40. The van der Waals surface area contributed by atoms with Gasteiger partial charge in [-0.25, -0.2) is 4.39 Å². The van der Waals surface area contributed by atoms with E-state index in [0.717, 1.165) is 25.2 Å². The zero-order chi connectivity index (χ0) is 14.0. The molecule has 0 saturated carbocycles. The van der Waals surface area contributed by atoms with Gasteiger partial charge in [0.1, 0.15) is 17.8 Å². The van der Waals surface area contributed by atoms with Crippen LogP contribution in [0.25, 0.3) is 0 Å². The number of anilines is 1. The quantitative estimate of drug-likeness (QED) is 0.351. The SMILES string of the molecule is O=CC1CCCCN1c1cc(F)c(I)cc1[N+](=O)[O-]. The number of benzene rings is 1. The van der Waals surface area contributed by atoms with Crippen LogP contribution in [-0.2, 0) is 4.79 Å². The van der Waals surface area contributed by atoms with E-state index < -0.39 is 16.8 Å². The van der Waals surface area contributed by atoms with Crippen molar-refractivity contribution in [1.29, 1.82) is 0 Å². The maximum absolute atomic E-state index is 13.7. The molecule has 1 atom stereocenters. The van der Waals surface area contributed by atoms with Gasteiger partial charge in [-0.3, -0.25) is 10.1 Å².